The summed E-state index contributed by atoms with van der Waals surface area (Å²) in [5.74, 6) is 0.0483. The van der Waals surface area contributed by atoms with Gasteiger partial charge in [0.15, 0.2) is 5.16 Å². The van der Waals surface area contributed by atoms with Crippen molar-refractivity contribution in [2.75, 3.05) is 5.75 Å². The summed E-state index contributed by atoms with van der Waals surface area (Å²) in [5, 5.41) is 12.8. The van der Waals surface area contributed by atoms with Crippen molar-refractivity contribution in [1.29, 1.82) is 5.26 Å². The molecule has 2 aromatic heterocycles. The Kier molecular flexibility index (Phi) is 5.99. The molecule has 1 amide bonds. The van der Waals surface area contributed by atoms with Gasteiger partial charge in [0, 0.05) is 11.4 Å². The molecule has 158 valence electrons. The molecule has 1 aromatic carbocycles. The summed E-state index contributed by atoms with van der Waals surface area (Å²) in [7, 11) is 0. The van der Waals surface area contributed by atoms with E-state index in [2.05, 4.69) is 22.9 Å². The maximum atomic E-state index is 13.1. The first kappa shape index (κ1) is 21.3. The van der Waals surface area contributed by atoms with Crippen molar-refractivity contribution >= 4 is 39.2 Å². The van der Waals surface area contributed by atoms with E-state index in [0.29, 0.717) is 21.9 Å². The van der Waals surface area contributed by atoms with Crippen LogP contribution in [0.2, 0.25) is 0 Å². The molecule has 0 radical (unpaired) electrons. The lowest BCUT2D eigenvalue weighted by atomic mass is 9.98. The van der Waals surface area contributed by atoms with Gasteiger partial charge in [0.1, 0.15) is 10.2 Å². The number of thioether (sulfide) groups is 1. The Bertz CT molecular complexity index is 1240. The summed E-state index contributed by atoms with van der Waals surface area (Å²) in [5.41, 5.74) is 0.676. The van der Waals surface area contributed by atoms with E-state index in [9.17, 15) is 14.9 Å². The van der Waals surface area contributed by atoms with E-state index in [1.165, 1.54) is 23.1 Å². The number of nitrogens with one attached hydrogen (secondary N) is 1. The van der Waals surface area contributed by atoms with Gasteiger partial charge in [-0.1, -0.05) is 48.2 Å². The van der Waals surface area contributed by atoms with Crippen molar-refractivity contribution in [3.05, 3.63) is 59.4 Å². The van der Waals surface area contributed by atoms with E-state index in [1.54, 1.807) is 17.6 Å². The van der Waals surface area contributed by atoms with E-state index in [4.69, 9.17) is 0 Å². The third-order valence-electron chi connectivity index (χ3n) is 5.33. The van der Waals surface area contributed by atoms with Crippen LogP contribution in [-0.2, 0) is 11.3 Å². The number of carbonyl (C=O) groups excluding carboxylic acids is 1. The SMILES string of the molecule is C=CCn1c(SCC(=O)NC(C)(C#N)C2CC2)nc2cc(-c3ccccc3)sc2c1=O. The minimum Gasteiger partial charge on any atom is -0.337 e. The van der Waals surface area contributed by atoms with Gasteiger partial charge in [0.05, 0.1) is 17.3 Å². The van der Waals surface area contributed by atoms with E-state index < -0.39 is 5.54 Å². The van der Waals surface area contributed by atoms with Crippen molar-refractivity contribution in [3.8, 4) is 16.5 Å². The number of benzene rings is 1. The number of thiophene rings is 1. The van der Waals surface area contributed by atoms with Crippen LogP contribution in [0, 0.1) is 17.2 Å². The number of nitriles is 1. The van der Waals surface area contributed by atoms with Gasteiger partial charge >= 0.3 is 0 Å². The van der Waals surface area contributed by atoms with Crippen molar-refractivity contribution in [3.63, 3.8) is 0 Å². The number of rotatable bonds is 8. The van der Waals surface area contributed by atoms with E-state index in [0.717, 1.165) is 23.3 Å². The Morgan fingerprint density at radius 3 is 2.84 bits per heavy atom. The van der Waals surface area contributed by atoms with Crippen molar-refractivity contribution in [1.82, 2.24) is 14.9 Å². The molecule has 0 spiro atoms. The molecular weight excluding hydrogens is 428 g/mol. The van der Waals surface area contributed by atoms with Gasteiger partial charge in [-0.2, -0.15) is 5.26 Å². The van der Waals surface area contributed by atoms with Crippen LogP contribution in [0.15, 0.2) is 59.0 Å². The van der Waals surface area contributed by atoms with Crippen LogP contribution in [0.1, 0.15) is 19.8 Å². The molecule has 1 atom stereocenters. The van der Waals surface area contributed by atoms with Crippen LogP contribution in [0.4, 0.5) is 0 Å². The molecule has 1 aliphatic carbocycles. The third kappa shape index (κ3) is 4.43. The zero-order chi connectivity index (χ0) is 22.0. The number of amides is 1. The first-order valence-corrected chi connectivity index (χ1v) is 11.8. The summed E-state index contributed by atoms with van der Waals surface area (Å²) >= 11 is 2.62. The maximum absolute atomic E-state index is 13.1. The van der Waals surface area contributed by atoms with Crippen molar-refractivity contribution in [2.24, 2.45) is 5.92 Å². The molecule has 31 heavy (non-hydrogen) atoms. The van der Waals surface area contributed by atoms with Crippen molar-refractivity contribution in [2.45, 2.75) is 37.0 Å². The Balaban J connectivity index is 1.61. The van der Waals surface area contributed by atoms with Crippen LogP contribution in [-0.4, -0.2) is 26.8 Å². The average Bonchev–Trinajstić information content (AvgIpc) is 3.55. The predicted octanol–water partition coefficient (Wildman–Crippen LogP) is 4.21. The van der Waals surface area contributed by atoms with Gasteiger partial charge in [0.25, 0.3) is 5.56 Å². The molecule has 1 aliphatic rings. The fourth-order valence-corrected chi connectivity index (χ4v) is 5.33. The van der Waals surface area contributed by atoms with E-state index in [1.807, 2.05) is 36.4 Å². The standard InChI is InChI=1S/C23H22N4O2S2/c1-3-11-27-21(29)20-17(12-18(31-20)15-7-5-4-6-8-15)25-22(27)30-13-19(28)26-23(2,14-24)16-9-10-16/h3-8,12,16H,1,9-11,13H2,2H3,(H,26,28). The quantitative estimate of drug-likeness (QED) is 0.316. The fourth-order valence-electron chi connectivity index (χ4n) is 3.47. The van der Waals surface area contributed by atoms with Crippen LogP contribution < -0.4 is 10.9 Å². The molecule has 0 bridgehead atoms. The molecule has 6 nitrogen and oxygen atoms in total. The summed E-state index contributed by atoms with van der Waals surface area (Å²) in [6.07, 6.45) is 3.55. The van der Waals surface area contributed by atoms with Gasteiger partial charge < -0.3 is 5.32 Å². The Morgan fingerprint density at radius 2 is 2.19 bits per heavy atom. The van der Waals surface area contributed by atoms with Crippen LogP contribution >= 0.6 is 23.1 Å². The maximum Gasteiger partial charge on any atom is 0.272 e. The second-order valence-electron chi connectivity index (χ2n) is 7.72. The number of fused-ring (bicyclic) bond motifs is 1. The van der Waals surface area contributed by atoms with Gasteiger partial charge in [-0.25, -0.2) is 4.98 Å². The molecule has 1 N–H and O–H groups in total. The van der Waals surface area contributed by atoms with Gasteiger partial charge in [0.2, 0.25) is 5.91 Å². The lowest BCUT2D eigenvalue weighted by Gasteiger charge is -2.22. The number of hydrogen-bond acceptors (Lipinski definition) is 6. The second kappa shape index (κ2) is 8.69. The molecule has 8 heteroatoms. The minimum atomic E-state index is -0.840. The number of aromatic nitrogens is 2. The first-order chi connectivity index (χ1) is 14.9. The highest BCUT2D eigenvalue weighted by Gasteiger charge is 2.42. The van der Waals surface area contributed by atoms with Crippen LogP contribution in [0.5, 0.6) is 0 Å². The van der Waals surface area contributed by atoms with E-state index in [-0.39, 0.29) is 23.1 Å². The monoisotopic (exact) mass is 450 g/mol. The minimum absolute atomic E-state index is 0.0781. The number of hydrogen-bond donors (Lipinski definition) is 1. The Morgan fingerprint density at radius 1 is 1.45 bits per heavy atom. The number of allylic oxidation sites excluding steroid dienone is 1. The fraction of sp³-hybridized carbons (Fsp3) is 0.304. The van der Waals surface area contributed by atoms with Gasteiger partial charge in [-0.15, -0.1) is 17.9 Å². The smallest absolute Gasteiger partial charge is 0.272 e. The largest absolute Gasteiger partial charge is 0.337 e. The topological polar surface area (TPSA) is 87.8 Å². The lowest BCUT2D eigenvalue weighted by molar-refractivity contribution is -0.119. The molecule has 1 fully saturated rings. The van der Waals surface area contributed by atoms with Gasteiger partial charge in [-0.3, -0.25) is 14.2 Å². The molecule has 3 aromatic rings. The summed E-state index contributed by atoms with van der Waals surface area (Å²) in [6, 6.07) is 14.0. The zero-order valence-corrected chi connectivity index (χ0v) is 18.8. The van der Waals surface area contributed by atoms with Gasteiger partial charge in [-0.05, 0) is 37.3 Å². The number of nitrogens with zero attached hydrogens (tertiary/aromatic N) is 3. The number of carbonyl (C=O) groups is 1. The summed E-state index contributed by atoms with van der Waals surface area (Å²) in [4.78, 5) is 31.3. The highest BCUT2D eigenvalue weighted by Crippen LogP contribution is 2.39. The Labute approximate surface area is 188 Å². The molecule has 4 rings (SSSR count). The van der Waals surface area contributed by atoms with Crippen LogP contribution in [0.25, 0.3) is 20.7 Å². The predicted molar refractivity (Wildman–Crippen MR) is 125 cm³/mol. The summed E-state index contributed by atoms with van der Waals surface area (Å²) < 4.78 is 2.13. The molecule has 2 heterocycles. The molecule has 1 unspecified atom stereocenters. The van der Waals surface area contributed by atoms with Crippen LogP contribution in [0.3, 0.4) is 0 Å². The summed E-state index contributed by atoms with van der Waals surface area (Å²) in [6.45, 7) is 5.82. The lowest BCUT2D eigenvalue weighted by Crippen LogP contribution is -2.47. The van der Waals surface area contributed by atoms with Crippen molar-refractivity contribution < 1.29 is 4.79 Å². The Hall–Kier alpha value is -2.89. The normalized spacial score (nSPS) is 15.2. The zero-order valence-electron chi connectivity index (χ0n) is 17.1. The molecule has 0 aliphatic heterocycles. The third-order valence-corrected chi connectivity index (χ3v) is 7.46. The first-order valence-electron chi connectivity index (χ1n) is 10.0. The van der Waals surface area contributed by atoms with E-state index >= 15 is 0 Å². The molecular formula is C23H22N4O2S2. The average molecular weight is 451 g/mol. The molecule has 1 saturated carbocycles. The highest BCUT2D eigenvalue weighted by atomic mass is 32.2. The highest BCUT2D eigenvalue weighted by molar-refractivity contribution is 7.99. The second-order valence-corrected chi connectivity index (χ2v) is 9.71. The molecule has 0 saturated heterocycles.